The summed E-state index contributed by atoms with van der Waals surface area (Å²) in [6, 6.07) is 15.0. The van der Waals surface area contributed by atoms with Gasteiger partial charge >= 0.3 is 0 Å². The van der Waals surface area contributed by atoms with Crippen LogP contribution in [0.4, 0.5) is 0 Å². The molecule has 2 rings (SSSR count). The molecule has 1 atom stereocenters. The van der Waals surface area contributed by atoms with Gasteiger partial charge in [-0.3, -0.25) is 4.79 Å². The van der Waals surface area contributed by atoms with Crippen LogP contribution in [-0.4, -0.2) is 32.3 Å². The second-order valence-corrected chi connectivity index (χ2v) is 5.34. The summed E-state index contributed by atoms with van der Waals surface area (Å²) in [5, 5.41) is 2.80. The first kappa shape index (κ1) is 17.7. The van der Waals surface area contributed by atoms with E-state index in [4.69, 9.17) is 14.2 Å². The number of hydrogen-bond donors (Lipinski definition) is 1. The first-order chi connectivity index (χ1) is 11.6. The number of rotatable bonds is 8. The average Bonchev–Trinajstić information content (AvgIpc) is 2.60. The molecular weight excluding hydrogens is 306 g/mol. The van der Waals surface area contributed by atoms with Crippen molar-refractivity contribution in [1.29, 1.82) is 0 Å². The van der Waals surface area contributed by atoms with E-state index in [0.717, 1.165) is 11.3 Å². The summed E-state index contributed by atoms with van der Waals surface area (Å²) < 4.78 is 16.4. The van der Waals surface area contributed by atoms with Gasteiger partial charge in [0.1, 0.15) is 23.9 Å². The summed E-state index contributed by atoms with van der Waals surface area (Å²) >= 11 is 0. The van der Waals surface area contributed by atoms with E-state index in [0.29, 0.717) is 24.7 Å². The first-order valence-electron chi connectivity index (χ1n) is 7.87. The third-order valence-corrected chi connectivity index (χ3v) is 3.48. The summed E-state index contributed by atoms with van der Waals surface area (Å²) in [4.78, 5) is 12.1. The molecule has 2 aromatic rings. The number of amides is 1. The number of para-hydroxylation sites is 1. The van der Waals surface area contributed by atoms with Crippen LogP contribution in [0.2, 0.25) is 0 Å². The largest absolute Gasteiger partial charge is 0.497 e. The second kappa shape index (κ2) is 8.82. The molecule has 0 aliphatic carbocycles. The molecule has 0 saturated heterocycles. The van der Waals surface area contributed by atoms with Gasteiger partial charge in [-0.05, 0) is 37.6 Å². The molecule has 5 nitrogen and oxygen atoms in total. The van der Waals surface area contributed by atoms with Crippen LogP contribution in [0, 0.1) is 6.92 Å². The van der Waals surface area contributed by atoms with Gasteiger partial charge in [-0.1, -0.05) is 24.3 Å². The monoisotopic (exact) mass is 329 g/mol. The van der Waals surface area contributed by atoms with Crippen molar-refractivity contribution in [1.82, 2.24) is 5.32 Å². The van der Waals surface area contributed by atoms with Crippen molar-refractivity contribution < 1.29 is 19.0 Å². The lowest BCUT2D eigenvalue weighted by Crippen LogP contribution is -2.38. The van der Waals surface area contributed by atoms with Gasteiger partial charge < -0.3 is 19.5 Å². The molecule has 0 unspecified atom stereocenters. The SMILES string of the molecule is COc1cccc(OCCNC(=O)[C@@H](C)Oc2ccccc2C)c1. The maximum Gasteiger partial charge on any atom is 0.260 e. The van der Waals surface area contributed by atoms with Gasteiger partial charge in [0.05, 0.1) is 13.7 Å². The third kappa shape index (κ3) is 5.19. The second-order valence-electron chi connectivity index (χ2n) is 5.34. The zero-order chi connectivity index (χ0) is 17.4. The molecule has 0 bridgehead atoms. The Morgan fingerprint density at radius 1 is 1.12 bits per heavy atom. The lowest BCUT2D eigenvalue weighted by atomic mass is 10.2. The highest BCUT2D eigenvalue weighted by atomic mass is 16.5. The van der Waals surface area contributed by atoms with Gasteiger partial charge in [-0.2, -0.15) is 0 Å². The van der Waals surface area contributed by atoms with Gasteiger partial charge in [0.2, 0.25) is 0 Å². The van der Waals surface area contributed by atoms with Crippen LogP contribution in [0.3, 0.4) is 0 Å². The van der Waals surface area contributed by atoms with Gasteiger partial charge in [0.25, 0.3) is 5.91 Å². The number of aryl methyl sites for hydroxylation is 1. The molecule has 0 aliphatic heterocycles. The predicted octanol–water partition coefficient (Wildman–Crippen LogP) is 2.97. The van der Waals surface area contributed by atoms with Crippen molar-refractivity contribution in [3.63, 3.8) is 0 Å². The van der Waals surface area contributed by atoms with Gasteiger partial charge in [0, 0.05) is 6.07 Å². The zero-order valence-electron chi connectivity index (χ0n) is 14.2. The minimum Gasteiger partial charge on any atom is -0.497 e. The Morgan fingerprint density at radius 3 is 2.62 bits per heavy atom. The van der Waals surface area contributed by atoms with Crippen molar-refractivity contribution in [3.05, 3.63) is 54.1 Å². The Morgan fingerprint density at radius 2 is 1.88 bits per heavy atom. The molecule has 0 radical (unpaired) electrons. The molecular formula is C19H23NO4. The molecule has 0 aromatic heterocycles. The lowest BCUT2D eigenvalue weighted by molar-refractivity contribution is -0.127. The van der Waals surface area contributed by atoms with E-state index < -0.39 is 6.10 Å². The number of carbonyl (C=O) groups excluding carboxylic acids is 1. The standard InChI is InChI=1S/C19H23NO4/c1-14-7-4-5-10-18(14)24-15(2)19(21)20-11-12-23-17-9-6-8-16(13-17)22-3/h4-10,13,15H,11-12H2,1-3H3,(H,20,21)/t15-/m1/s1. The Labute approximate surface area is 142 Å². The Kier molecular flexibility index (Phi) is 6.49. The highest BCUT2D eigenvalue weighted by molar-refractivity contribution is 5.80. The molecule has 1 N–H and O–H groups in total. The van der Waals surface area contributed by atoms with Gasteiger partial charge in [-0.15, -0.1) is 0 Å². The quantitative estimate of drug-likeness (QED) is 0.757. The smallest absolute Gasteiger partial charge is 0.260 e. The van der Waals surface area contributed by atoms with Gasteiger partial charge in [-0.25, -0.2) is 0 Å². The fourth-order valence-electron chi connectivity index (χ4n) is 2.11. The molecule has 0 heterocycles. The van der Waals surface area contributed by atoms with Crippen LogP contribution < -0.4 is 19.5 Å². The van der Waals surface area contributed by atoms with E-state index in [1.807, 2.05) is 49.4 Å². The Balaban J connectivity index is 1.73. The van der Waals surface area contributed by atoms with Gasteiger partial charge in [0.15, 0.2) is 6.10 Å². The van der Waals surface area contributed by atoms with E-state index in [1.54, 1.807) is 20.1 Å². The summed E-state index contributed by atoms with van der Waals surface area (Å²) in [6.45, 7) is 4.44. The maximum absolute atomic E-state index is 12.1. The molecule has 2 aromatic carbocycles. The average molecular weight is 329 g/mol. The fourth-order valence-corrected chi connectivity index (χ4v) is 2.11. The fraction of sp³-hybridized carbons (Fsp3) is 0.316. The maximum atomic E-state index is 12.1. The summed E-state index contributed by atoms with van der Waals surface area (Å²) in [5.74, 6) is 1.98. The highest BCUT2D eigenvalue weighted by Crippen LogP contribution is 2.19. The summed E-state index contributed by atoms with van der Waals surface area (Å²) in [6.07, 6.45) is -0.567. The minimum absolute atomic E-state index is 0.174. The third-order valence-electron chi connectivity index (χ3n) is 3.48. The van der Waals surface area contributed by atoms with E-state index in [9.17, 15) is 4.79 Å². The zero-order valence-corrected chi connectivity index (χ0v) is 14.2. The summed E-state index contributed by atoms with van der Waals surface area (Å²) in [5.41, 5.74) is 0.999. The molecule has 24 heavy (non-hydrogen) atoms. The first-order valence-corrected chi connectivity index (χ1v) is 7.87. The lowest BCUT2D eigenvalue weighted by Gasteiger charge is -2.16. The van der Waals surface area contributed by atoms with Crippen LogP contribution in [0.25, 0.3) is 0 Å². The Hall–Kier alpha value is -2.69. The van der Waals surface area contributed by atoms with Crippen molar-refractivity contribution >= 4 is 5.91 Å². The van der Waals surface area contributed by atoms with Crippen molar-refractivity contribution in [3.8, 4) is 17.2 Å². The van der Waals surface area contributed by atoms with Crippen LogP contribution in [0.15, 0.2) is 48.5 Å². The number of benzene rings is 2. The van der Waals surface area contributed by atoms with Crippen molar-refractivity contribution in [2.75, 3.05) is 20.3 Å². The highest BCUT2D eigenvalue weighted by Gasteiger charge is 2.14. The van der Waals surface area contributed by atoms with Crippen molar-refractivity contribution in [2.45, 2.75) is 20.0 Å². The number of nitrogens with one attached hydrogen (secondary N) is 1. The normalized spacial score (nSPS) is 11.5. The van der Waals surface area contributed by atoms with E-state index >= 15 is 0 Å². The topological polar surface area (TPSA) is 56.8 Å². The van der Waals surface area contributed by atoms with Crippen LogP contribution >= 0.6 is 0 Å². The molecule has 0 fully saturated rings. The Bertz CT molecular complexity index is 672. The number of methoxy groups -OCH3 is 1. The number of hydrogen-bond acceptors (Lipinski definition) is 4. The van der Waals surface area contributed by atoms with E-state index in [1.165, 1.54) is 0 Å². The molecule has 128 valence electrons. The molecule has 5 heteroatoms. The summed E-state index contributed by atoms with van der Waals surface area (Å²) in [7, 11) is 1.61. The molecule has 0 saturated carbocycles. The van der Waals surface area contributed by atoms with Crippen LogP contribution in [-0.2, 0) is 4.79 Å². The van der Waals surface area contributed by atoms with E-state index in [2.05, 4.69) is 5.32 Å². The van der Waals surface area contributed by atoms with Crippen LogP contribution in [0.5, 0.6) is 17.2 Å². The number of ether oxygens (including phenoxy) is 3. The molecule has 0 spiro atoms. The number of carbonyl (C=O) groups is 1. The van der Waals surface area contributed by atoms with Crippen molar-refractivity contribution in [2.24, 2.45) is 0 Å². The minimum atomic E-state index is -0.567. The molecule has 0 aliphatic rings. The van der Waals surface area contributed by atoms with E-state index in [-0.39, 0.29) is 5.91 Å². The molecule has 1 amide bonds. The predicted molar refractivity (Wildman–Crippen MR) is 92.8 cm³/mol. The van der Waals surface area contributed by atoms with Crippen LogP contribution in [0.1, 0.15) is 12.5 Å².